The minimum absolute atomic E-state index is 0.644. The van der Waals surface area contributed by atoms with Crippen molar-refractivity contribution in [1.29, 1.82) is 0 Å². The van der Waals surface area contributed by atoms with Gasteiger partial charge in [-0.25, -0.2) is 15.0 Å². The predicted octanol–water partition coefficient (Wildman–Crippen LogP) is 13.9. The van der Waals surface area contributed by atoms with Gasteiger partial charge in [-0.05, 0) is 77.7 Å². The third-order valence-electron chi connectivity index (χ3n) is 11.8. The van der Waals surface area contributed by atoms with Crippen LogP contribution in [0, 0.1) is 13.8 Å². The number of nitrogens with zero attached hydrogens (tertiary/aromatic N) is 5. The van der Waals surface area contributed by atoms with Crippen molar-refractivity contribution in [2.75, 3.05) is 0 Å². The summed E-state index contributed by atoms with van der Waals surface area (Å²) in [6.45, 7) is 4.53. The SMILES string of the molecule is Cc1c(-c2c(C)n(-c3ccc4c(-c5nc(-c6ccccc6)nc(-c6ccccc6)n5)cccc4c3)c3ccccc23)n(-c2cccc(-c3ccccc3)c2)c2ccccc12. The van der Waals surface area contributed by atoms with Crippen LogP contribution in [0.15, 0.2) is 200 Å². The lowest BCUT2D eigenvalue weighted by molar-refractivity contribution is 1.05. The van der Waals surface area contributed by atoms with Crippen molar-refractivity contribution in [3.8, 4) is 67.9 Å². The maximum atomic E-state index is 5.07. The Morgan fingerprint density at radius 3 is 1.58 bits per heavy atom. The van der Waals surface area contributed by atoms with Gasteiger partial charge < -0.3 is 9.13 Å². The molecule has 11 aromatic rings. The first kappa shape index (κ1) is 35.3. The van der Waals surface area contributed by atoms with E-state index < -0.39 is 0 Å². The van der Waals surface area contributed by atoms with Crippen molar-refractivity contribution >= 4 is 32.6 Å². The third-order valence-corrected chi connectivity index (χ3v) is 11.8. The van der Waals surface area contributed by atoms with Gasteiger partial charge in [-0.15, -0.1) is 0 Å². The van der Waals surface area contributed by atoms with E-state index in [1.807, 2.05) is 60.7 Å². The first-order chi connectivity index (χ1) is 29.6. The average molecular weight is 770 g/mol. The van der Waals surface area contributed by atoms with Crippen molar-refractivity contribution in [2.24, 2.45) is 0 Å². The molecule has 3 aromatic heterocycles. The highest BCUT2D eigenvalue weighted by molar-refractivity contribution is 6.05. The second kappa shape index (κ2) is 14.5. The van der Waals surface area contributed by atoms with Crippen LogP contribution in [0.2, 0.25) is 0 Å². The molecule has 11 rings (SSSR count). The fourth-order valence-electron chi connectivity index (χ4n) is 8.96. The van der Waals surface area contributed by atoms with Crippen molar-refractivity contribution in [3.63, 3.8) is 0 Å². The quantitative estimate of drug-likeness (QED) is 0.162. The van der Waals surface area contributed by atoms with Crippen molar-refractivity contribution in [3.05, 3.63) is 211 Å². The van der Waals surface area contributed by atoms with Crippen molar-refractivity contribution in [1.82, 2.24) is 24.1 Å². The Morgan fingerprint density at radius 1 is 0.367 bits per heavy atom. The third kappa shape index (κ3) is 5.90. The lowest BCUT2D eigenvalue weighted by Crippen LogP contribution is -2.01. The summed E-state index contributed by atoms with van der Waals surface area (Å²) >= 11 is 0. The van der Waals surface area contributed by atoms with Gasteiger partial charge in [0.05, 0.1) is 16.7 Å². The number of hydrogen-bond donors (Lipinski definition) is 0. The average Bonchev–Trinajstić information content (AvgIpc) is 3.78. The molecule has 0 aliphatic heterocycles. The Morgan fingerprint density at radius 2 is 0.900 bits per heavy atom. The minimum Gasteiger partial charge on any atom is -0.313 e. The standard InChI is InChI=1S/C55H39N5/c1-36-45-27-12-14-30-49(45)60(43-26-16-24-41(34-43)38-18-6-3-7-19-38)52(36)51-37(2)59(50-31-15-13-28-48(50)51)44-32-33-46-42(35-44)25-17-29-47(46)55-57-53(39-20-8-4-9-21-39)56-54(58-55)40-22-10-5-11-23-40/h3-35H,1-2H3. The molecule has 0 aliphatic carbocycles. The fourth-order valence-corrected chi connectivity index (χ4v) is 8.96. The Bertz CT molecular complexity index is 3320. The Balaban J connectivity index is 1.09. The van der Waals surface area contributed by atoms with Gasteiger partial charge in [0.25, 0.3) is 0 Å². The highest BCUT2D eigenvalue weighted by atomic mass is 15.0. The van der Waals surface area contributed by atoms with Crippen LogP contribution in [0.25, 0.3) is 101 Å². The van der Waals surface area contributed by atoms with Gasteiger partial charge in [0.1, 0.15) is 0 Å². The number of aryl methyl sites for hydroxylation is 1. The highest BCUT2D eigenvalue weighted by Gasteiger charge is 2.25. The molecule has 0 saturated heterocycles. The summed E-state index contributed by atoms with van der Waals surface area (Å²) in [5, 5.41) is 4.64. The largest absolute Gasteiger partial charge is 0.313 e. The highest BCUT2D eigenvalue weighted by Crippen LogP contribution is 2.44. The Hall–Kier alpha value is -7.89. The number of aromatic nitrogens is 5. The molecule has 8 aromatic carbocycles. The molecule has 0 unspecified atom stereocenters. The summed E-state index contributed by atoms with van der Waals surface area (Å²) in [6, 6.07) is 70.6. The molecule has 3 heterocycles. The topological polar surface area (TPSA) is 48.5 Å². The van der Waals surface area contributed by atoms with Gasteiger partial charge in [-0.2, -0.15) is 0 Å². The van der Waals surface area contributed by atoms with Crippen LogP contribution >= 0.6 is 0 Å². The van der Waals surface area contributed by atoms with Gasteiger partial charge in [-0.1, -0.05) is 164 Å². The number of hydrogen-bond acceptors (Lipinski definition) is 3. The van der Waals surface area contributed by atoms with E-state index >= 15 is 0 Å². The summed E-state index contributed by atoms with van der Waals surface area (Å²) in [4.78, 5) is 15.1. The van der Waals surface area contributed by atoms with E-state index in [0.717, 1.165) is 44.4 Å². The predicted molar refractivity (Wildman–Crippen MR) is 248 cm³/mol. The van der Waals surface area contributed by atoms with Crippen LogP contribution in [-0.2, 0) is 0 Å². The lowest BCUT2D eigenvalue weighted by Gasteiger charge is -2.15. The lowest BCUT2D eigenvalue weighted by atomic mass is 10.0. The molecular weight excluding hydrogens is 731 g/mol. The second-order valence-electron chi connectivity index (χ2n) is 15.3. The molecule has 0 amide bonds. The van der Waals surface area contributed by atoms with Crippen LogP contribution in [0.4, 0.5) is 0 Å². The van der Waals surface area contributed by atoms with Crippen LogP contribution in [0.5, 0.6) is 0 Å². The van der Waals surface area contributed by atoms with E-state index in [-0.39, 0.29) is 0 Å². The molecule has 0 bridgehead atoms. The summed E-state index contributed by atoms with van der Waals surface area (Å²) < 4.78 is 4.88. The number of benzene rings is 8. The summed E-state index contributed by atoms with van der Waals surface area (Å²) in [6.07, 6.45) is 0. The molecule has 0 aliphatic rings. The van der Waals surface area contributed by atoms with E-state index in [1.165, 1.54) is 49.9 Å². The van der Waals surface area contributed by atoms with Crippen molar-refractivity contribution in [2.45, 2.75) is 13.8 Å². The Labute approximate surface area is 348 Å². The summed E-state index contributed by atoms with van der Waals surface area (Å²) in [5.41, 5.74) is 14.7. The second-order valence-corrected chi connectivity index (χ2v) is 15.3. The van der Waals surface area contributed by atoms with E-state index in [9.17, 15) is 0 Å². The maximum absolute atomic E-state index is 5.07. The van der Waals surface area contributed by atoms with Gasteiger partial charge in [0.2, 0.25) is 0 Å². The molecule has 0 N–H and O–H groups in total. The number of fused-ring (bicyclic) bond motifs is 3. The van der Waals surface area contributed by atoms with Gasteiger partial charge in [0.15, 0.2) is 17.5 Å². The normalized spacial score (nSPS) is 11.5. The molecule has 0 atom stereocenters. The molecule has 5 heteroatoms. The van der Waals surface area contributed by atoms with Crippen LogP contribution in [0.3, 0.4) is 0 Å². The van der Waals surface area contributed by atoms with Crippen LogP contribution in [-0.4, -0.2) is 24.1 Å². The molecule has 0 fully saturated rings. The first-order valence-electron chi connectivity index (χ1n) is 20.4. The molecule has 5 nitrogen and oxygen atoms in total. The monoisotopic (exact) mass is 769 g/mol. The number of rotatable bonds is 7. The summed E-state index contributed by atoms with van der Waals surface area (Å²) in [7, 11) is 0. The van der Waals surface area contributed by atoms with Gasteiger partial charge >= 0.3 is 0 Å². The minimum atomic E-state index is 0.644. The van der Waals surface area contributed by atoms with Crippen LogP contribution < -0.4 is 0 Å². The molecular formula is C55H39N5. The van der Waals surface area contributed by atoms with Gasteiger partial charge in [-0.3, -0.25) is 0 Å². The van der Waals surface area contributed by atoms with Crippen LogP contribution in [0.1, 0.15) is 11.3 Å². The Kier molecular flexibility index (Phi) is 8.52. The zero-order valence-electron chi connectivity index (χ0n) is 33.3. The zero-order valence-corrected chi connectivity index (χ0v) is 33.3. The molecule has 0 saturated carbocycles. The molecule has 60 heavy (non-hydrogen) atoms. The number of para-hydroxylation sites is 2. The molecule has 0 radical (unpaired) electrons. The van der Waals surface area contributed by atoms with E-state index in [4.69, 9.17) is 15.0 Å². The first-order valence-corrected chi connectivity index (χ1v) is 20.4. The van der Waals surface area contributed by atoms with E-state index in [2.05, 4.69) is 163 Å². The molecule has 284 valence electrons. The summed E-state index contributed by atoms with van der Waals surface area (Å²) in [5.74, 6) is 1.94. The fraction of sp³-hybridized carbons (Fsp3) is 0.0364. The van der Waals surface area contributed by atoms with Crippen molar-refractivity contribution < 1.29 is 0 Å². The van der Waals surface area contributed by atoms with E-state index in [0.29, 0.717) is 17.5 Å². The smallest absolute Gasteiger partial charge is 0.164 e. The molecule has 0 spiro atoms. The van der Waals surface area contributed by atoms with Gasteiger partial charge in [0, 0.05) is 50.1 Å². The maximum Gasteiger partial charge on any atom is 0.164 e. The zero-order chi connectivity index (χ0) is 40.2. The van der Waals surface area contributed by atoms with E-state index in [1.54, 1.807) is 0 Å².